The van der Waals surface area contributed by atoms with Crippen LogP contribution in [0.4, 0.5) is 11.5 Å². The van der Waals surface area contributed by atoms with E-state index in [4.69, 9.17) is 4.74 Å². The summed E-state index contributed by atoms with van der Waals surface area (Å²) in [5.41, 5.74) is 5.00. The van der Waals surface area contributed by atoms with Gasteiger partial charge in [0.25, 0.3) is 0 Å². The summed E-state index contributed by atoms with van der Waals surface area (Å²) in [4.78, 5) is 16.4. The lowest BCUT2D eigenvalue weighted by atomic mass is 10.0. The van der Waals surface area contributed by atoms with Gasteiger partial charge in [0.2, 0.25) is 0 Å². The van der Waals surface area contributed by atoms with Gasteiger partial charge >= 0.3 is 5.97 Å². The van der Waals surface area contributed by atoms with Crippen LogP contribution >= 0.6 is 0 Å². The van der Waals surface area contributed by atoms with Crippen molar-refractivity contribution in [1.82, 2.24) is 19.7 Å². The van der Waals surface area contributed by atoms with Gasteiger partial charge in [0.15, 0.2) is 5.82 Å². The molecule has 32 heavy (non-hydrogen) atoms. The maximum Gasteiger partial charge on any atom is 0.338 e. The SMILES string of the molecule is CCOC(=O)c1ccc(-c2nnc(Nc3ccc4c(c3)ncn4C)c3ccccc23)cc1. The molecule has 158 valence electrons. The number of fused-ring (bicyclic) bond motifs is 2. The Morgan fingerprint density at radius 3 is 2.56 bits per heavy atom. The van der Waals surface area contributed by atoms with Gasteiger partial charge in [-0.15, -0.1) is 10.2 Å². The van der Waals surface area contributed by atoms with Crippen LogP contribution in [0.2, 0.25) is 0 Å². The van der Waals surface area contributed by atoms with Crippen molar-refractivity contribution in [2.75, 3.05) is 11.9 Å². The van der Waals surface area contributed by atoms with Crippen LogP contribution in [-0.2, 0) is 11.8 Å². The number of esters is 1. The third kappa shape index (κ3) is 3.54. The quantitative estimate of drug-likeness (QED) is 0.396. The van der Waals surface area contributed by atoms with Gasteiger partial charge in [-0.05, 0) is 37.3 Å². The zero-order valence-electron chi connectivity index (χ0n) is 17.7. The van der Waals surface area contributed by atoms with Gasteiger partial charge in [-0.2, -0.15) is 0 Å². The Kier molecular flexibility index (Phi) is 4.99. The number of ether oxygens (including phenoxy) is 1. The van der Waals surface area contributed by atoms with E-state index >= 15 is 0 Å². The molecule has 5 aromatic rings. The molecule has 1 N–H and O–H groups in total. The number of aromatic nitrogens is 4. The molecule has 0 aliphatic heterocycles. The first-order valence-corrected chi connectivity index (χ1v) is 10.3. The Morgan fingerprint density at radius 1 is 1.00 bits per heavy atom. The van der Waals surface area contributed by atoms with E-state index in [1.165, 1.54) is 0 Å². The van der Waals surface area contributed by atoms with Gasteiger partial charge in [-0.25, -0.2) is 9.78 Å². The fraction of sp³-hybridized carbons (Fsp3) is 0.120. The molecule has 2 aromatic heterocycles. The summed E-state index contributed by atoms with van der Waals surface area (Å²) in [5, 5.41) is 14.3. The molecule has 0 bridgehead atoms. The summed E-state index contributed by atoms with van der Waals surface area (Å²) in [7, 11) is 1.97. The number of benzene rings is 3. The molecule has 0 spiro atoms. The first-order valence-electron chi connectivity index (χ1n) is 10.3. The van der Waals surface area contributed by atoms with Crippen molar-refractivity contribution in [2.45, 2.75) is 6.92 Å². The largest absolute Gasteiger partial charge is 0.462 e. The fourth-order valence-corrected chi connectivity index (χ4v) is 3.74. The number of carbonyl (C=O) groups excluding carboxylic acids is 1. The van der Waals surface area contributed by atoms with Crippen LogP contribution in [-0.4, -0.2) is 32.3 Å². The zero-order valence-corrected chi connectivity index (χ0v) is 17.7. The normalized spacial score (nSPS) is 11.1. The van der Waals surface area contributed by atoms with Gasteiger partial charge in [0.05, 0.1) is 29.5 Å². The summed E-state index contributed by atoms with van der Waals surface area (Å²) < 4.78 is 7.05. The predicted octanol–water partition coefficient (Wildman–Crippen LogP) is 5.10. The third-order valence-electron chi connectivity index (χ3n) is 5.34. The minimum Gasteiger partial charge on any atom is -0.462 e. The predicted molar refractivity (Wildman–Crippen MR) is 125 cm³/mol. The Bertz CT molecular complexity index is 1440. The van der Waals surface area contributed by atoms with Gasteiger partial charge in [-0.3, -0.25) is 0 Å². The van der Waals surface area contributed by atoms with E-state index in [9.17, 15) is 4.79 Å². The van der Waals surface area contributed by atoms with Crippen molar-refractivity contribution in [3.8, 4) is 11.3 Å². The molecule has 0 saturated heterocycles. The van der Waals surface area contributed by atoms with Gasteiger partial charge < -0.3 is 14.6 Å². The number of nitrogens with one attached hydrogen (secondary N) is 1. The summed E-state index contributed by atoms with van der Waals surface area (Å²) >= 11 is 0. The zero-order chi connectivity index (χ0) is 22.1. The standard InChI is InChI=1S/C25H21N5O2/c1-3-32-25(31)17-10-8-16(9-11-17)23-19-6-4-5-7-20(19)24(29-28-23)27-18-12-13-22-21(14-18)26-15-30(22)2/h4-15H,3H2,1-2H3,(H,27,29). The number of carbonyl (C=O) groups is 1. The van der Waals surface area contributed by atoms with Gasteiger partial charge in [0, 0.05) is 29.1 Å². The van der Waals surface area contributed by atoms with Crippen LogP contribution in [0, 0.1) is 0 Å². The lowest BCUT2D eigenvalue weighted by molar-refractivity contribution is 0.0526. The van der Waals surface area contributed by atoms with Crippen LogP contribution in [0.25, 0.3) is 33.1 Å². The maximum atomic E-state index is 11.9. The Hall–Kier alpha value is -4.26. The highest BCUT2D eigenvalue weighted by Crippen LogP contribution is 2.31. The topological polar surface area (TPSA) is 81.9 Å². The van der Waals surface area contributed by atoms with Crippen molar-refractivity contribution in [1.29, 1.82) is 0 Å². The van der Waals surface area contributed by atoms with Crippen molar-refractivity contribution < 1.29 is 9.53 Å². The molecule has 0 radical (unpaired) electrons. The summed E-state index contributed by atoms with van der Waals surface area (Å²) in [6, 6.07) is 21.2. The molecule has 0 atom stereocenters. The molecule has 0 saturated carbocycles. The van der Waals surface area contributed by atoms with Gasteiger partial charge in [0.1, 0.15) is 5.69 Å². The van der Waals surface area contributed by atoms with E-state index < -0.39 is 0 Å². The van der Waals surface area contributed by atoms with E-state index in [0.29, 0.717) is 18.0 Å². The molecule has 5 rings (SSSR count). The minimum atomic E-state index is -0.334. The molecule has 0 aliphatic rings. The molecule has 0 unspecified atom stereocenters. The molecular formula is C25H21N5O2. The van der Waals surface area contributed by atoms with Crippen LogP contribution in [0.15, 0.2) is 73.1 Å². The number of imidazole rings is 1. The van der Waals surface area contributed by atoms with Crippen molar-refractivity contribution in [2.24, 2.45) is 7.05 Å². The molecule has 2 heterocycles. The summed E-state index contributed by atoms with van der Waals surface area (Å²) in [6.45, 7) is 2.14. The molecule has 0 aliphatic carbocycles. The highest BCUT2D eigenvalue weighted by atomic mass is 16.5. The molecule has 0 fully saturated rings. The Balaban J connectivity index is 1.51. The molecule has 3 aromatic carbocycles. The first kappa shape index (κ1) is 19.7. The second-order valence-electron chi connectivity index (χ2n) is 7.42. The lowest BCUT2D eigenvalue weighted by Crippen LogP contribution is -2.04. The van der Waals surface area contributed by atoms with Gasteiger partial charge in [-0.1, -0.05) is 36.4 Å². The van der Waals surface area contributed by atoms with E-state index in [-0.39, 0.29) is 5.97 Å². The van der Waals surface area contributed by atoms with E-state index in [2.05, 4.69) is 20.5 Å². The number of hydrogen-bond donors (Lipinski definition) is 1. The van der Waals surface area contributed by atoms with Crippen molar-refractivity contribution in [3.63, 3.8) is 0 Å². The maximum absolute atomic E-state index is 11.9. The van der Waals surface area contributed by atoms with Crippen molar-refractivity contribution in [3.05, 3.63) is 78.6 Å². The summed E-state index contributed by atoms with van der Waals surface area (Å²) in [6.07, 6.45) is 1.80. The van der Waals surface area contributed by atoms with Crippen LogP contribution in [0.3, 0.4) is 0 Å². The number of aryl methyl sites for hydroxylation is 1. The number of hydrogen-bond acceptors (Lipinski definition) is 6. The van der Waals surface area contributed by atoms with Crippen LogP contribution < -0.4 is 5.32 Å². The van der Waals surface area contributed by atoms with Crippen LogP contribution in [0.5, 0.6) is 0 Å². The molecule has 7 nitrogen and oxygen atoms in total. The number of nitrogens with zero attached hydrogens (tertiary/aromatic N) is 4. The van der Waals surface area contributed by atoms with Crippen molar-refractivity contribution >= 4 is 39.3 Å². The van der Waals surface area contributed by atoms with E-state index in [1.54, 1.807) is 25.4 Å². The van der Waals surface area contributed by atoms with Crippen LogP contribution in [0.1, 0.15) is 17.3 Å². The second-order valence-corrected chi connectivity index (χ2v) is 7.42. The smallest absolute Gasteiger partial charge is 0.338 e. The Labute approximate surface area is 184 Å². The molecular weight excluding hydrogens is 402 g/mol. The number of anilines is 2. The Morgan fingerprint density at radius 2 is 1.78 bits per heavy atom. The average Bonchev–Trinajstić information content (AvgIpc) is 3.19. The van der Waals surface area contributed by atoms with E-state index in [0.717, 1.165) is 38.8 Å². The minimum absolute atomic E-state index is 0.334. The second kappa shape index (κ2) is 8.11. The fourth-order valence-electron chi connectivity index (χ4n) is 3.74. The summed E-state index contributed by atoms with van der Waals surface area (Å²) in [5.74, 6) is 0.335. The monoisotopic (exact) mass is 423 g/mol. The number of rotatable bonds is 5. The van der Waals surface area contributed by atoms with E-state index in [1.807, 2.05) is 66.2 Å². The molecule has 0 amide bonds. The molecule has 7 heteroatoms. The average molecular weight is 423 g/mol. The first-order chi connectivity index (χ1) is 15.6. The highest BCUT2D eigenvalue weighted by molar-refractivity contribution is 6.01. The lowest BCUT2D eigenvalue weighted by Gasteiger charge is -2.12. The third-order valence-corrected chi connectivity index (χ3v) is 5.34. The highest BCUT2D eigenvalue weighted by Gasteiger charge is 2.13.